The second-order valence-corrected chi connectivity index (χ2v) is 2.40. The summed E-state index contributed by atoms with van der Waals surface area (Å²) in [5.74, 6) is -0.248. The average molecular weight is 177 g/mol. The van der Waals surface area contributed by atoms with Gasteiger partial charge >= 0.3 is 0 Å². The van der Waals surface area contributed by atoms with Crippen LogP contribution in [0.3, 0.4) is 0 Å². The van der Waals surface area contributed by atoms with E-state index in [2.05, 4.69) is 4.99 Å². The Morgan fingerprint density at radius 2 is 2.23 bits per heavy atom. The molecule has 0 amide bonds. The maximum Gasteiger partial charge on any atom is 0.239 e. The Morgan fingerprint density at radius 3 is 2.92 bits per heavy atom. The first kappa shape index (κ1) is 9.36. The van der Waals surface area contributed by atoms with Crippen LogP contribution < -0.4 is 0 Å². The molecule has 0 unspecified atom stereocenters. The van der Waals surface area contributed by atoms with Crippen molar-refractivity contribution in [1.82, 2.24) is 0 Å². The minimum Gasteiger partial charge on any atom is -0.211 e. The summed E-state index contributed by atoms with van der Waals surface area (Å²) in [6.07, 6.45) is 4.70. The topological polar surface area (TPSA) is 29.4 Å². The van der Waals surface area contributed by atoms with E-state index >= 15 is 0 Å². The normalized spacial score (nSPS) is 9.92. The zero-order valence-corrected chi connectivity index (χ0v) is 6.90. The summed E-state index contributed by atoms with van der Waals surface area (Å²) in [6, 6.07) is 6.47. The minimum atomic E-state index is -0.248. The van der Waals surface area contributed by atoms with E-state index in [9.17, 15) is 9.18 Å². The molecule has 0 aromatic heterocycles. The van der Waals surface area contributed by atoms with Crippen molar-refractivity contribution >= 4 is 6.08 Å². The van der Waals surface area contributed by atoms with E-state index in [4.69, 9.17) is 0 Å². The molecule has 0 bridgehead atoms. The fraction of sp³-hybridized carbons (Fsp3) is 0.100. The van der Waals surface area contributed by atoms with E-state index in [-0.39, 0.29) is 5.82 Å². The van der Waals surface area contributed by atoms with Crippen molar-refractivity contribution in [2.75, 3.05) is 0 Å². The number of hydrogen-bond acceptors (Lipinski definition) is 2. The maximum atomic E-state index is 13.0. The SMILES string of the molecule is O=C=N/C=C\Cc1ccccc1F. The van der Waals surface area contributed by atoms with Crippen LogP contribution in [0.5, 0.6) is 0 Å². The number of rotatable bonds is 3. The number of isocyanates is 1. The van der Waals surface area contributed by atoms with Gasteiger partial charge in [0.05, 0.1) is 0 Å². The number of allylic oxidation sites excluding steroid dienone is 1. The molecule has 0 radical (unpaired) electrons. The predicted molar refractivity (Wildman–Crippen MR) is 47.4 cm³/mol. The fourth-order valence-corrected chi connectivity index (χ4v) is 0.927. The monoisotopic (exact) mass is 177 g/mol. The van der Waals surface area contributed by atoms with Crippen LogP contribution in [0.4, 0.5) is 4.39 Å². The number of hydrogen-bond donors (Lipinski definition) is 0. The standard InChI is InChI=1S/C10H8FNO/c11-10-6-2-1-4-9(10)5-3-7-12-8-13/h1-4,6-7H,5H2/b7-3-. The first-order valence-corrected chi connectivity index (χ1v) is 3.80. The second kappa shape index (κ2) is 5.01. The van der Waals surface area contributed by atoms with Crippen LogP contribution in [0, 0.1) is 5.82 Å². The lowest BCUT2D eigenvalue weighted by Gasteiger charge is -1.96. The lowest BCUT2D eigenvalue weighted by Crippen LogP contribution is -1.85. The van der Waals surface area contributed by atoms with Gasteiger partial charge in [0.2, 0.25) is 6.08 Å². The van der Waals surface area contributed by atoms with E-state index < -0.39 is 0 Å². The molecule has 0 aliphatic rings. The first-order valence-electron chi connectivity index (χ1n) is 3.80. The Morgan fingerprint density at radius 1 is 1.46 bits per heavy atom. The van der Waals surface area contributed by atoms with Crippen molar-refractivity contribution in [3.8, 4) is 0 Å². The highest BCUT2D eigenvalue weighted by Crippen LogP contribution is 2.07. The third-order valence-electron chi connectivity index (χ3n) is 1.53. The Labute approximate surface area is 75.4 Å². The smallest absolute Gasteiger partial charge is 0.211 e. The van der Waals surface area contributed by atoms with Crippen LogP contribution in [-0.2, 0) is 11.2 Å². The Kier molecular flexibility index (Phi) is 3.61. The summed E-state index contributed by atoms with van der Waals surface area (Å²) < 4.78 is 13.0. The van der Waals surface area contributed by atoms with Crippen LogP contribution in [-0.4, -0.2) is 6.08 Å². The van der Waals surface area contributed by atoms with Crippen LogP contribution in [0.25, 0.3) is 0 Å². The lowest BCUT2D eigenvalue weighted by molar-refractivity contribution is 0.565. The van der Waals surface area contributed by atoms with Crippen molar-refractivity contribution in [3.63, 3.8) is 0 Å². The van der Waals surface area contributed by atoms with Gasteiger partial charge < -0.3 is 0 Å². The molecule has 0 aliphatic heterocycles. The van der Waals surface area contributed by atoms with Crippen molar-refractivity contribution in [3.05, 3.63) is 47.9 Å². The molecule has 0 N–H and O–H groups in total. The highest BCUT2D eigenvalue weighted by Gasteiger charge is 1.95. The molecule has 66 valence electrons. The molecule has 0 saturated heterocycles. The molecule has 0 heterocycles. The van der Waals surface area contributed by atoms with Gasteiger partial charge in [-0.15, -0.1) is 0 Å². The third kappa shape index (κ3) is 3.01. The van der Waals surface area contributed by atoms with Crippen LogP contribution >= 0.6 is 0 Å². The molecule has 2 nitrogen and oxygen atoms in total. The number of carbonyl (C=O) groups excluding carboxylic acids is 1. The molecule has 1 aromatic rings. The van der Waals surface area contributed by atoms with Gasteiger partial charge in [0.25, 0.3) is 0 Å². The molecular formula is C10H8FNO. The van der Waals surface area contributed by atoms with E-state index in [0.717, 1.165) is 0 Å². The summed E-state index contributed by atoms with van der Waals surface area (Å²) in [6.45, 7) is 0. The summed E-state index contributed by atoms with van der Waals surface area (Å²) in [7, 11) is 0. The molecule has 0 aliphatic carbocycles. The third-order valence-corrected chi connectivity index (χ3v) is 1.53. The van der Waals surface area contributed by atoms with Crippen LogP contribution in [0.2, 0.25) is 0 Å². The molecule has 0 saturated carbocycles. The number of aliphatic imine (C=N–C) groups is 1. The molecule has 1 rings (SSSR count). The molecule has 0 atom stereocenters. The van der Waals surface area contributed by atoms with Crippen molar-refractivity contribution in [1.29, 1.82) is 0 Å². The Hall–Kier alpha value is -1.73. The van der Waals surface area contributed by atoms with Crippen LogP contribution in [0.15, 0.2) is 41.5 Å². The van der Waals surface area contributed by atoms with E-state index in [0.29, 0.717) is 12.0 Å². The summed E-state index contributed by atoms with van der Waals surface area (Å²) in [5, 5.41) is 0. The summed E-state index contributed by atoms with van der Waals surface area (Å²) in [5.41, 5.74) is 0.583. The second-order valence-electron chi connectivity index (χ2n) is 2.40. The quantitative estimate of drug-likeness (QED) is 0.514. The van der Waals surface area contributed by atoms with Gasteiger partial charge in [0.15, 0.2) is 0 Å². The molecule has 1 aromatic carbocycles. The lowest BCUT2D eigenvalue weighted by atomic mass is 10.1. The van der Waals surface area contributed by atoms with Gasteiger partial charge in [-0.05, 0) is 18.1 Å². The number of halogens is 1. The highest BCUT2D eigenvalue weighted by atomic mass is 19.1. The first-order chi connectivity index (χ1) is 6.34. The van der Waals surface area contributed by atoms with Gasteiger partial charge in [-0.3, -0.25) is 0 Å². The van der Waals surface area contributed by atoms with E-state index in [1.807, 2.05) is 0 Å². The highest BCUT2D eigenvalue weighted by molar-refractivity contribution is 5.34. The molecule has 3 heteroatoms. The zero-order valence-electron chi connectivity index (χ0n) is 6.90. The largest absolute Gasteiger partial charge is 0.239 e. The Bertz CT molecular complexity index is 354. The van der Waals surface area contributed by atoms with Gasteiger partial charge in [-0.1, -0.05) is 24.3 Å². The van der Waals surface area contributed by atoms with Gasteiger partial charge in [-0.2, -0.15) is 4.99 Å². The van der Waals surface area contributed by atoms with E-state index in [1.54, 1.807) is 24.3 Å². The van der Waals surface area contributed by atoms with Gasteiger partial charge in [0, 0.05) is 6.20 Å². The number of nitrogens with zero attached hydrogens (tertiary/aromatic N) is 1. The zero-order chi connectivity index (χ0) is 9.52. The Balaban J connectivity index is 2.64. The number of benzene rings is 1. The maximum absolute atomic E-state index is 13.0. The van der Waals surface area contributed by atoms with Crippen molar-refractivity contribution in [2.45, 2.75) is 6.42 Å². The van der Waals surface area contributed by atoms with Crippen molar-refractivity contribution in [2.24, 2.45) is 4.99 Å². The molecule has 0 spiro atoms. The average Bonchev–Trinajstić information content (AvgIpc) is 2.15. The molecule has 0 fully saturated rings. The van der Waals surface area contributed by atoms with Crippen LogP contribution in [0.1, 0.15) is 5.56 Å². The van der Waals surface area contributed by atoms with Gasteiger partial charge in [-0.25, -0.2) is 9.18 Å². The van der Waals surface area contributed by atoms with E-state index in [1.165, 1.54) is 18.3 Å². The van der Waals surface area contributed by atoms with Crippen molar-refractivity contribution < 1.29 is 9.18 Å². The summed E-state index contributed by atoms with van der Waals surface area (Å²) in [4.78, 5) is 12.9. The minimum absolute atomic E-state index is 0.248. The fourth-order valence-electron chi connectivity index (χ4n) is 0.927. The van der Waals surface area contributed by atoms with Gasteiger partial charge in [0.1, 0.15) is 5.82 Å². The molecule has 13 heavy (non-hydrogen) atoms. The molecular weight excluding hydrogens is 169 g/mol. The summed E-state index contributed by atoms with van der Waals surface area (Å²) >= 11 is 0. The predicted octanol–water partition coefficient (Wildman–Crippen LogP) is 2.22.